The third kappa shape index (κ3) is 3.50. The zero-order chi connectivity index (χ0) is 21.5. The zero-order valence-electron chi connectivity index (χ0n) is 17.2. The Morgan fingerprint density at radius 1 is 1.13 bits per heavy atom. The van der Waals surface area contributed by atoms with Crippen molar-refractivity contribution in [2.45, 2.75) is 6.92 Å². The lowest BCUT2D eigenvalue weighted by Gasteiger charge is -2.35. The van der Waals surface area contributed by atoms with E-state index in [1.807, 2.05) is 47.7 Å². The number of nitrogens with zero attached hydrogens (tertiary/aromatic N) is 8. The SMILES string of the molecule is Cc1nc(N2CCN(C(=O)/C=C/c3c(Cl)nc4ccccn34)CC2)c2cnn(C)c2n1. The molecule has 0 radical (unpaired) electrons. The molecule has 9 nitrogen and oxygen atoms in total. The van der Waals surface area contributed by atoms with Gasteiger partial charge in [0, 0.05) is 45.5 Å². The molecular weight excluding hydrogens is 416 g/mol. The third-order valence-corrected chi connectivity index (χ3v) is 5.76. The highest BCUT2D eigenvalue weighted by Gasteiger charge is 2.23. The van der Waals surface area contributed by atoms with E-state index in [1.165, 1.54) is 0 Å². The Hall–Kier alpha value is -3.46. The van der Waals surface area contributed by atoms with Crippen LogP contribution in [0.1, 0.15) is 11.5 Å². The largest absolute Gasteiger partial charge is 0.352 e. The molecule has 1 fully saturated rings. The van der Waals surface area contributed by atoms with Crippen LogP contribution in [0.2, 0.25) is 5.15 Å². The van der Waals surface area contributed by atoms with E-state index in [-0.39, 0.29) is 5.91 Å². The van der Waals surface area contributed by atoms with Crippen molar-refractivity contribution in [3.05, 3.63) is 53.3 Å². The summed E-state index contributed by atoms with van der Waals surface area (Å²) in [5.74, 6) is 1.53. The van der Waals surface area contributed by atoms with Crippen molar-refractivity contribution in [1.82, 2.24) is 34.0 Å². The van der Waals surface area contributed by atoms with Gasteiger partial charge in [-0.3, -0.25) is 13.9 Å². The predicted octanol–water partition coefficient (Wildman–Crippen LogP) is 2.33. The summed E-state index contributed by atoms with van der Waals surface area (Å²) >= 11 is 6.25. The Bertz CT molecular complexity index is 1320. The van der Waals surface area contributed by atoms with Crippen LogP contribution < -0.4 is 4.90 Å². The normalized spacial score (nSPS) is 14.9. The molecule has 1 aliphatic rings. The Morgan fingerprint density at radius 3 is 2.74 bits per heavy atom. The van der Waals surface area contributed by atoms with Gasteiger partial charge in [-0.1, -0.05) is 17.7 Å². The van der Waals surface area contributed by atoms with Crippen LogP contribution in [0.4, 0.5) is 5.82 Å². The van der Waals surface area contributed by atoms with Crippen molar-refractivity contribution in [3.8, 4) is 0 Å². The highest BCUT2D eigenvalue weighted by atomic mass is 35.5. The molecular formula is C21H21ClN8O. The molecule has 0 bridgehead atoms. The van der Waals surface area contributed by atoms with Crippen LogP contribution in [0.25, 0.3) is 22.8 Å². The van der Waals surface area contributed by atoms with Crippen LogP contribution in [0.3, 0.4) is 0 Å². The molecule has 5 rings (SSSR count). The molecule has 10 heteroatoms. The lowest BCUT2D eigenvalue weighted by atomic mass is 10.2. The number of hydrogen-bond acceptors (Lipinski definition) is 6. The Kier molecular flexibility index (Phi) is 4.82. The average molecular weight is 437 g/mol. The number of halogens is 1. The van der Waals surface area contributed by atoms with E-state index < -0.39 is 0 Å². The molecule has 0 N–H and O–H groups in total. The maximum absolute atomic E-state index is 12.8. The number of amides is 1. The number of hydrogen-bond donors (Lipinski definition) is 0. The highest BCUT2D eigenvalue weighted by Crippen LogP contribution is 2.24. The van der Waals surface area contributed by atoms with Gasteiger partial charge in [0.05, 0.1) is 17.3 Å². The smallest absolute Gasteiger partial charge is 0.246 e. The van der Waals surface area contributed by atoms with E-state index in [2.05, 4.69) is 25.0 Å². The van der Waals surface area contributed by atoms with Gasteiger partial charge in [-0.15, -0.1) is 0 Å². The molecule has 1 amide bonds. The van der Waals surface area contributed by atoms with Crippen molar-refractivity contribution in [2.75, 3.05) is 31.1 Å². The molecule has 0 spiro atoms. The van der Waals surface area contributed by atoms with Crippen molar-refractivity contribution in [1.29, 1.82) is 0 Å². The summed E-state index contributed by atoms with van der Waals surface area (Å²) in [6, 6.07) is 5.67. The van der Waals surface area contributed by atoms with Crippen molar-refractivity contribution >= 4 is 46.1 Å². The highest BCUT2D eigenvalue weighted by molar-refractivity contribution is 6.31. The van der Waals surface area contributed by atoms with Crippen molar-refractivity contribution in [3.63, 3.8) is 0 Å². The maximum atomic E-state index is 12.8. The summed E-state index contributed by atoms with van der Waals surface area (Å²) in [4.78, 5) is 30.2. The van der Waals surface area contributed by atoms with Gasteiger partial charge in [0.2, 0.25) is 5.91 Å². The van der Waals surface area contributed by atoms with Gasteiger partial charge in [-0.05, 0) is 25.1 Å². The Balaban J connectivity index is 1.30. The van der Waals surface area contributed by atoms with Crippen LogP contribution >= 0.6 is 11.6 Å². The number of pyridine rings is 1. The molecule has 158 valence electrons. The van der Waals surface area contributed by atoms with E-state index in [4.69, 9.17) is 11.6 Å². The number of imidazole rings is 1. The van der Waals surface area contributed by atoms with Gasteiger partial charge >= 0.3 is 0 Å². The lowest BCUT2D eigenvalue weighted by Crippen LogP contribution is -2.48. The predicted molar refractivity (Wildman–Crippen MR) is 119 cm³/mol. The van der Waals surface area contributed by atoms with E-state index in [0.29, 0.717) is 42.9 Å². The first-order chi connectivity index (χ1) is 15.0. The molecule has 0 aliphatic carbocycles. The van der Waals surface area contributed by atoms with Gasteiger partial charge in [0.1, 0.15) is 17.3 Å². The number of carbonyl (C=O) groups excluding carboxylic acids is 1. The van der Waals surface area contributed by atoms with E-state index >= 15 is 0 Å². The first-order valence-electron chi connectivity index (χ1n) is 10.0. The quantitative estimate of drug-likeness (QED) is 0.458. The van der Waals surface area contributed by atoms with E-state index in [0.717, 1.165) is 22.5 Å². The fraction of sp³-hybridized carbons (Fsp3) is 0.286. The van der Waals surface area contributed by atoms with Gasteiger partial charge in [0.25, 0.3) is 0 Å². The molecule has 0 saturated carbocycles. The first-order valence-corrected chi connectivity index (χ1v) is 10.4. The summed E-state index contributed by atoms with van der Waals surface area (Å²) in [6.45, 7) is 4.47. The summed E-state index contributed by atoms with van der Waals surface area (Å²) in [5, 5.41) is 5.61. The minimum absolute atomic E-state index is 0.0491. The topological polar surface area (TPSA) is 84.5 Å². The fourth-order valence-electron chi connectivity index (χ4n) is 3.88. The number of piperazine rings is 1. The van der Waals surface area contributed by atoms with Crippen LogP contribution in [0.5, 0.6) is 0 Å². The summed E-state index contributed by atoms with van der Waals surface area (Å²) in [7, 11) is 1.87. The Morgan fingerprint density at radius 2 is 1.94 bits per heavy atom. The van der Waals surface area contributed by atoms with E-state index in [9.17, 15) is 4.79 Å². The van der Waals surface area contributed by atoms with E-state index in [1.54, 1.807) is 23.0 Å². The lowest BCUT2D eigenvalue weighted by molar-refractivity contribution is -0.126. The second-order valence-corrected chi connectivity index (χ2v) is 7.82. The van der Waals surface area contributed by atoms with Gasteiger partial charge in [-0.2, -0.15) is 5.10 Å². The second kappa shape index (κ2) is 7.66. The molecule has 1 aliphatic heterocycles. The molecule has 0 atom stereocenters. The van der Waals surface area contributed by atoms with Crippen LogP contribution in [0.15, 0.2) is 36.7 Å². The molecule has 5 heterocycles. The number of carbonyl (C=O) groups is 1. The minimum Gasteiger partial charge on any atom is -0.352 e. The van der Waals surface area contributed by atoms with Crippen LogP contribution in [-0.4, -0.2) is 66.1 Å². The first kappa shape index (κ1) is 19.5. The average Bonchev–Trinajstić information content (AvgIpc) is 3.30. The van der Waals surface area contributed by atoms with Gasteiger partial charge in [-0.25, -0.2) is 15.0 Å². The van der Waals surface area contributed by atoms with Crippen molar-refractivity contribution in [2.24, 2.45) is 7.05 Å². The maximum Gasteiger partial charge on any atom is 0.246 e. The van der Waals surface area contributed by atoms with Gasteiger partial charge in [0.15, 0.2) is 10.8 Å². The summed E-state index contributed by atoms with van der Waals surface area (Å²) in [6.07, 6.45) is 6.96. The fourth-order valence-corrected chi connectivity index (χ4v) is 4.12. The number of aryl methyl sites for hydroxylation is 2. The molecule has 1 saturated heterocycles. The monoisotopic (exact) mass is 436 g/mol. The third-order valence-electron chi connectivity index (χ3n) is 5.48. The molecule has 4 aromatic heterocycles. The second-order valence-electron chi connectivity index (χ2n) is 7.46. The van der Waals surface area contributed by atoms with Crippen molar-refractivity contribution < 1.29 is 4.79 Å². The van der Waals surface area contributed by atoms with Crippen LogP contribution in [0, 0.1) is 6.92 Å². The number of anilines is 1. The molecule has 0 unspecified atom stereocenters. The summed E-state index contributed by atoms with van der Waals surface area (Å²) in [5.41, 5.74) is 2.25. The number of fused-ring (bicyclic) bond motifs is 2. The zero-order valence-corrected chi connectivity index (χ0v) is 18.0. The summed E-state index contributed by atoms with van der Waals surface area (Å²) < 4.78 is 3.62. The number of rotatable bonds is 3. The standard InChI is InChI=1S/C21H21ClN8O/c1-14-24-20-15(13-23-27(20)2)21(25-14)29-11-9-28(10-12-29)18(31)7-6-16-19(22)26-17-5-3-4-8-30(16)17/h3-8,13H,9-12H2,1-2H3/b7-6+. The molecule has 4 aromatic rings. The molecule has 0 aromatic carbocycles. The van der Waals surface area contributed by atoms with Gasteiger partial charge < -0.3 is 9.80 Å². The minimum atomic E-state index is -0.0491. The Labute approximate surface area is 183 Å². The van der Waals surface area contributed by atoms with Crippen LogP contribution in [-0.2, 0) is 11.8 Å². The number of aromatic nitrogens is 6. The molecule has 31 heavy (non-hydrogen) atoms.